The van der Waals surface area contributed by atoms with Gasteiger partial charge in [0.15, 0.2) is 11.6 Å². The van der Waals surface area contributed by atoms with Crippen molar-refractivity contribution in [2.75, 3.05) is 17.3 Å². The molecule has 0 fully saturated rings. The van der Waals surface area contributed by atoms with Crippen molar-refractivity contribution in [3.63, 3.8) is 0 Å². The molecule has 5 aromatic rings. The average Bonchev–Trinajstić information content (AvgIpc) is 0.969. The number of carbonyl (C=O) groups is 19. The molecule has 0 saturated carbocycles. The number of amides is 13. The summed E-state index contributed by atoms with van der Waals surface area (Å²) in [6.45, 7) is 8.55. The minimum absolute atomic E-state index is 0.0852. The summed E-state index contributed by atoms with van der Waals surface area (Å²) in [4.78, 5) is 269. The molecule has 37 nitrogen and oxygen atoms in total. The Morgan fingerprint density at radius 3 is 1.38 bits per heavy atom. The molecule has 123 heavy (non-hydrogen) atoms. The quantitative estimate of drug-likeness (QED) is 0.0544. The van der Waals surface area contributed by atoms with E-state index in [1.165, 1.54) is 77.9 Å². The molecule has 0 saturated heterocycles. The van der Waals surface area contributed by atoms with Crippen LogP contribution in [0.15, 0.2) is 130 Å². The van der Waals surface area contributed by atoms with Crippen LogP contribution in [0.1, 0.15) is 116 Å². The Hall–Kier alpha value is -12.5. The molecule has 4 bridgehead atoms. The molecular formula is C83H101N13O24S3. The third kappa shape index (κ3) is 31.2. The van der Waals surface area contributed by atoms with Crippen molar-refractivity contribution in [1.82, 2.24) is 58.5 Å². The second kappa shape index (κ2) is 46.0. The standard InChI is InChI=1S/C83H101N13O24S3/c1-41-38-121-51-32-52-34-53(33-51)123-40-62(95-74(112)43(3)87-75(113)48(29-47-17-12-16-46-15-10-11-18-54(46)47)30-63(98)55(23-25-66(101)102)88-79(117)59(35-65(84)100)90-73(111)42(2)86-72(41)110)82(120)89-56(24-26-67(103)104)76(114)93-60(36-68(105)106)80(118)92-57(27-44-13-8-7-9-14-44)77(115)91-58(28-45-19-21-50(97)22-20-45)78(116)94-61(37-69(107)108)81(119)96-70(83(4,5)6)64(99)31-49(39-122-52)71(85)109/h7-22,32-34,41-43,48-49,55-62,70,97H,23-31,35-40H2,1-6H3,(H2,84,100)(H2,85,109)(H,86,110)(H,87,113)(H,88,117)(H,89,120)(H,90,111)(H,91,115)(H,92,118)(H,93,114)(H,94,116)(H,95,112)(H,96,119)(H,101,102)(H,103,104)(H,105,106)(H,107,108)/t41-,42+,43+,48+,49-,55-,56-,57-,58-,59-,60-,61-,62-,70+/m0/s1. The number of thioether (sulfide) groups is 3. The molecule has 0 radical (unpaired) electrons. The first-order valence-electron chi connectivity index (χ1n) is 39.2. The maximum absolute atomic E-state index is 15.3. The highest BCUT2D eigenvalue weighted by Crippen LogP contribution is 2.35. The van der Waals surface area contributed by atoms with Crippen molar-refractivity contribution in [1.29, 1.82) is 0 Å². The number of nitrogens with two attached hydrogens (primary N) is 2. The molecule has 14 atom stereocenters. The highest BCUT2D eigenvalue weighted by Gasteiger charge is 2.41. The van der Waals surface area contributed by atoms with Gasteiger partial charge < -0.3 is 95.5 Å². The van der Waals surface area contributed by atoms with Crippen molar-refractivity contribution >= 4 is 158 Å². The van der Waals surface area contributed by atoms with Crippen LogP contribution in [0, 0.1) is 23.2 Å². The molecule has 13 amide bonds. The number of aliphatic carboxylic acids is 4. The Bertz CT molecular complexity index is 4800. The molecule has 5 aromatic carbocycles. The second-order valence-corrected chi connectivity index (χ2v) is 34.3. The SMILES string of the molecule is C[C@H]1CSc2cc3cc(c2)SC[C@H](NC(=O)[C@@H](C)NC(=O)[C@H](Cc2cccc4ccccc24)CC(=O)[C@H](CCC(=O)O)NC(=O)[C@H](CC(N)=O)NC(=O)[C@@H](C)NC1=O)C(=O)N[C@@H](CCC(=O)O)C(=O)N[C@@H](CC(=O)O)C(=O)N[C@@H](Cc1ccccc1)C(=O)N[C@@H](Cc1ccc(O)cc1)C(=O)N[C@@H](CC(=O)O)C(=O)N[C@@H](C(C)(C)C)C(=O)C[C@H](C(N)=O)CS3. The fourth-order valence-electron chi connectivity index (χ4n) is 13.1. The molecule has 0 aromatic heterocycles. The minimum atomic E-state index is -2.20. The summed E-state index contributed by atoms with van der Waals surface area (Å²) >= 11 is 2.87. The first kappa shape index (κ1) is 97.7. The largest absolute Gasteiger partial charge is 0.508 e. The molecule has 0 spiro atoms. The van der Waals surface area contributed by atoms with E-state index in [9.17, 15) is 107 Å². The van der Waals surface area contributed by atoms with E-state index < -0.39 is 278 Å². The normalized spacial score (nSPS) is 24.5. The zero-order valence-corrected chi connectivity index (χ0v) is 70.5. The number of ketones is 2. The molecule has 0 unspecified atom stereocenters. The molecule has 40 heteroatoms. The number of fused-ring (bicyclic) bond motifs is 5. The zero-order chi connectivity index (χ0) is 90.7. The van der Waals surface area contributed by atoms with Crippen LogP contribution < -0.4 is 70.0 Å². The Morgan fingerprint density at radius 1 is 0.407 bits per heavy atom. The number of phenolic OH excluding ortho intramolecular Hbond substituents is 1. The van der Waals surface area contributed by atoms with Crippen LogP contribution in [0.25, 0.3) is 10.8 Å². The van der Waals surface area contributed by atoms with Gasteiger partial charge in [-0.15, -0.1) is 35.3 Å². The Morgan fingerprint density at radius 2 is 0.846 bits per heavy atom. The molecular weight excluding hydrogens is 1660 g/mol. The number of aromatic hydroxyl groups is 1. The third-order valence-electron chi connectivity index (χ3n) is 19.9. The van der Waals surface area contributed by atoms with Crippen LogP contribution in [0.4, 0.5) is 0 Å². The Balaban J connectivity index is 1.39. The maximum Gasteiger partial charge on any atom is 0.305 e. The van der Waals surface area contributed by atoms with E-state index >= 15 is 9.59 Å². The van der Waals surface area contributed by atoms with Crippen molar-refractivity contribution < 1.29 is 117 Å². The Labute approximate surface area is 718 Å². The van der Waals surface area contributed by atoms with Gasteiger partial charge in [-0.2, -0.15) is 0 Å². The summed E-state index contributed by atoms with van der Waals surface area (Å²) in [5.41, 5.74) is 11.4. The van der Waals surface area contributed by atoms with Gasteiger partial charge in [-0.25, -0.2) is 0 Å². The number of carboxylic acid groups (broad SMARTS) is 4. The first-order chi connectivity index (χ1) is 58.0. The van der Waals surface area contributed by atoms with Gasteiger partial charge in [0.2, 0.25) is 76.8 Å². The van der Waals surface area contributed by atoms with E-state index in [0.717, 1.165) is 35.3 Å². The molecule has 7 rings (SSSR count). The van der Waals surface area contributed by atoms with Crippen LogP contribution >= 0.6 is 35.3 Å². The number of carbonyl (C=O) groups excluding carboxylic acids is 15. The van der Waals surface area contributed by atoms with E-state index in [1.54, 1.807) is 78.9 Å². The van der Waals surface area contributed by atoms with Crippen molar-refractivity contribution in [2.24, 2.45) is 34.6 Å². The van der Waals surface area contributed by atoms with E-state index in [1.807, 2.05) is 0 Å². The number of carboxylic acids is 4. The molecule has 2 aliphatic rings. The van der Waals surface area contributed by atoms with Gasteiger partial charge in [-0.3, -0.25) is 91.1 Å². The van der Waals surface area contributed by atoms with Gasteiger partial charge in [-0.1, -0.05) is 113 Å². The second-order valence-electron chi connectivity index (χ2n) is 31.0. The molecule has 20 N–H and O–H groups in total. The lowest BCUT2D eigenvalue weighted by Crippen LogP contribution is -2.61. The van der Waals surface area contributed by atoms with E-state index in [4.69, 9.17) is 11.5 Å². The monoisotopic (exact) mass is 1760 g/mol. The summed E-state index contributed by atoms with van der Waals surface area (Å²) in [6.07, 6.45) is -8.99. The summed E-state index contributed by atoms with van der Waals surface area (Å²) in [5, 5.41) is 79.0. The number of benzene rings is 5. The fraction of sp³-hybridized carbons (Fsp3) is 0.434. The molecule has 0 aliphatic carbocycles. The minimum Gasteiger partial charge on any atom is -0.508 e. The van der Waals surface area contributed by atoms with E-state index in [0.29, 0.717) is 31.7 Å². The van der Waals surface area contributed by atoms with Crippen LogP contribution in [0.2, 0.25) is 0 Å². The summed E-state index contributed by atoms with van der Waals surface area (Å²) < 4.78 is 0. The number of phenols is 1. The van der Waals surface area contributed by atoms with Gasteiger partial charge in [-0.05, 0) is 96.3 Å². The molecule has 660 valence electrons. The van der Waals surface area contributed by atoms with Gasteiger partial charge >= 0.3 is 23.9 Å². The fourth-order valence-corrected chi connectivity index (χ4v) is 16.5. The highest BCUT2D eigenvalue weighted by molar-refractivity contribution is 8.00. The highest BCUT2D eigenvalue weighted by atomic mass is 32.2. The van der Waals surface area contributed by atoms with E-state index in [-0.39, 0.29) is 34.1 Å². The average molecular weight is 1760 g/mol. The van der Waals surface area contributed by atoms with Crippen molar-refractivity contribution in [2.45, 2.75) is 200 Å². The van der Waals surface area contributed by atoms with Gasteiger partial charge in [0, 0.05) is 82.3 Å². The lowest BCUT2D eigenvalue weighted by Gasteiger charge is -2.32. The third-order valence-corrected chi connectivity index (χ3v) is 23.4. The topological polar surface area (TPSA) is 610 Å². The summed E-state index contributed by atoms with van der Waals surface area (Å²) in [6, 6.07) is 9.66. The zero-order valence-electron chi connectivity index (χ0n) is 68.0. The Kier molecular flexibility index (Phi) is 36.5. The number of rotatable bonds is 19. The number of hydrogen-bond donors (Lipinski definition) is 18. The predicted octanol–water partition coefficient (Wildman–Crippen LogP) is 0.822. The number of primary amides is 2. The van der Waals surface area contributed by atoms with Gasteiger partial charge in [0.25, 0.3) is 0 Å². The lowest BCUT2D eigenvalue weighted by molar-refractivity contribution is -0.142. The van der Waals surface area contributed by atoms with Gasteiger partial charge in [0.05, 0.1) is 37.3 Å². The van der Waals surface area contributed by atoms with Crippen LogP contribution in [0.5, 0.6) is 5.75 Å². The van der Waals surface area contributed by atoms with Crippen molar-refractivity contribution in [3.05, 3.63) is 132 Å². The van der Waals surface area contributed by atoms with Crippen LogP contribution in [-0.2, 0) is 110 Å². The van der Waals surface area contributed by atoms with E-state index in [2.05, 4.69) is 58.5 Å². The van der Waals surface area contributed by atoms with Gasteiger partial charge in [0.1, 0.15) is 60.1 Å². The lowest BCUT2D eigenvalue weighted by atomic mass is 9.81. The summed E-state index contributed by atoms with van der Waals surface area (Å²) in [7, 11) is 0. The predicted molar refractivity (Wildman–Crippen MR) is 447 cm³/mol. The van der Waals surface area contributed by atoms with Crippen molar-refractivity contribution in [3.8, 4) is 5.75 Å². The summed E-state index contributed by atoms with van der Waals surface area (Å²) in [5.74, 6) is -28.0. The maximum atomic E-state index is 15.3. The molecule has 2 aliphatic heterocycles. The number of hydrogen-bond acceptors (Lipinski definition) is 23. The first-order valence-corrected chi connectivity index (χ1v) is 42.1. The smallest absolute Gasteiger partial charge is 0.305 e. The number of Topliss-reactive ketones (excluding diaryl/α,β-unsaturated/α-hetero) is 2. The van der Waals surface area contributed by atoms with Crippen LogP contribution in [-0.4, -0.2) is 221 Å². The number of nitrogens with one attached hydrogen (secondary N) is 11. The van der Waals surface area contributed by atoms with Crippen LogP contribution in [0.3, 0.4) is 0 Å². The molecule has 2 heterocycles.